The molecule has 2 saturated heterocycles. The van der Waals surface area contributed by atoms with Gasteiger partial charge in [-0.15, -0.1) is 0 Å². The van der Waals surface area contributed by atoms with E-state index in [-0.39, 0.29) is 11.8 Å². The van der Waals surface area contributed by atoms with Gasteiger partial charge < -0.3 is 10.1 Å². The summed E-state index contributed by atoms with van der Waals surface area (Å²) in [6.45, 7) is 2.97. The molecule has 3 atom stereocenters. The van der Waals surface area contributed by atoms with Gasteiger partial charge in [0.15, 0.2) is 0 Å². The molecule has 0 aromatic heterocycles. The molecule has 2 aliphatic rings. The Morgan fingerprint density at radius 1 is 1.43 bits per heavy atom. The number of hydrogen-bond donors (Lipinski definition) is 1. The monoisotopic (exact) mass is 197 g/mol. The first-order chi connectivity index (χ1) is 6.75. The SMILES string of the molecule is CC1CCC(CC2CCCNC2=O)O1. The van der Waals surface area contributed by atoms with Gasteiger partial charge in [-0.1, -0.05) is 0 Å². The second-order valence-electron chi connectivity index (χ2n) is 4.51. The van der Waals surface area contributed by atoms with Crippen molar-refractivity contribution in [3.63, 3.8) is 0 Å². The maximum absolute atomic E-state index is 11.5. The lowest BCUT2D eigenvalue weighted by Crippen LogP contribution is -2.38. The van der Waals surface area contributed by atoms with Gasteiger partial charge in [-0.2, -0.15) is 0 Å². The van der Waals surface area contributed by atoms with Crippen LogP contribution in [0.2, 0.25) is 0 Å². The Hall–Kier alpha value is -0.570. The van der Waals surface area contributed by atoms with E-state index in [2.05, 4.69) is 12.2 Å². The van der Waals surface area contributed by atoms with Gasteiger partial charge in [0, 0.05) is 12.5 Å². The third kappa shape index (κ3) is 2.27. The summed E-state index contributed by atoms with van der Waals surface area (Å²) in [5, 5.41) is 2.92. The van der Waals surface area contributed by atoms with E-state index in [1.807, 2.05) is 0 Å². The van der Waals surface area contributed by atoms with Gasteiger partial charge in [0.05, 0.1) is 12.2 Å². The van der Waals surface area contributed by atoms with Crippen LogP contribution in [-0.2, 0) is 9.53 Å². The molecule has 2 heterocycles. The van der Waals surface area contributed by atoms with Crippen LogP contribution in [0.15, 0.2) is 0 Å². The highest BCUT2D eigenvalue weighted by molar-refractivity contribution is 5.79. The van der Waals surface area contributed by atoms with Crippen LogP contribution in [0.3, 0.4) is 0 Å². The van der Waals surface area contributed by atoms with Gasteiger partial charge in [-0.05, 0) is 39.0 Å². The molecule has 1 N–H and O–H groups in total. The van der Waals surface area contributed by atoms with E-state index in [0.29, 0.717) is 12.2 Å². The maximum atomic E-state index is 11.5. The molecule has 0 aromatic rings. The summed E-state index contributed by atoms with van der Waals surface area (Å²) in [6.07, 6.45) is 6.10. The van der Waals surface area contributed by atoms with Crippen molar-refractivity contribution in [2.24, 2.45) is 5.92 Å². The maximum Gasteiger partial charge on any atom is 0.223 e. The normalized spacial score (nSPS) is 38.4. The molecule has 0 bridgehead atoms. The number of rotatable bonds is 2. The predicted octanol–water partition coefficient (Wildman–Crippen LogP) is 1.47. The van der Waals surface area contributed by atoms with Crippen molar-refractivity contribution >= 4 is 5.91 Å². The molecule has 80 valence electrons. The van der Waals surface area contributed by atoms with E-state index < -0.39 is 0 Å². The number of carbonyl (C=O) groups excluding carboxylic acids is 1. The Bertz CT molecular complexity index is 217. The van der Waals surface area contributed by atoms with Gasteiger partial charge >= 0.3 is 0 Å². The fourth-order valence-corrected chi connectivity index (χ4v) is 2.44. The van der Waals surface area contributed by atoms with Gasteiger partial charge in [0.25, 0.3) is 0 Å². The van der Waals surface area contributed by atoms with Crippen LogP contribution in [-0.4, -0.2) is 24.7 Å². The van der Waals surface area contributed by atoms with Gasteiger partial charge in [-0.3, -0.25) is 4.79 Å². The van der Waals surface area contributed by atoms with Crippen LogP contribution in [0.4, 0.5) is 0 Å². The van der Waals surface area contributed by atoms with Gasteiger partial charge in [0.1, 0.15) is 0 Å². The van der Waals surface area contributed by atoms with Crippen LogP contribution in [0, 0.1) is 5.92 Å². The molecule has 3 unspecified atom stereocenters. The highest BCUT2D eigenvalue weighted by atomic mass is 16.5. The first-order valence-corrected chi connectivity index (χ1v) is 5.69. The molecule has 2 rings (SSSR count). The standard InChI is InChI=1S/C11H19NO2/c1-8-4-5-10(14-8)7-9-3-2-6-12-11(9)13/h8-10H,2-7H2,1H3,(H,12,13). The first-order valence-electron chi connectivity index (χ1n) is 5.69. The number of piperidine rings is 1. The summed E-state index contributed by atoms with van der Waals surface area (Å²) in [7, 11) is 0. The van der Waals surface area contributed by atoms with Gasteiger partial charge in [-0.25, -0.2) is 0 Å². The topological polar surface area (TPSA) is 38.3 Å². The number of amides is 1. The van der Waals surface area contributed by atoms with E-state index in [9.17, 15) is 4.79 Å². The minimum atomic E-state index is 0.207. The molecule has 14 heavy (non-hydrogen) atoms. The zero-order valence-corrected chi connectivity index (χ0v) is 8.79. The minimum Gasteiger partial charge on any atom is -0.375 e. The average molecular weight is 197 g/mol. The Labute approximate surface area is 85.2 Å². The number of nitrogens with one attached hydrogen (secondary N) is 1. The molecule has 0 aliphatic carbocycles. The number of carbonyl (C=O) groups is 1. The summed E-state index contributed by atoms with van der Waals surface area (Å²) < 4.78 is 5.73. The van der Waals surface area contributed by atoms with Crippen molar-refractivity contribution in [1.29, 1.82) is 0 Å². The molecule has 1 amide bonds. The fourth-order valence-electron chi connectivity index (χ4n) is 2.44. The summed E-state index contributed by atoms with van der Waals surface area (Å²) in [5.74, 6) is 0.443. The van der Waals surface area contributed by atoms with Crippen molar-refractivity contribution < 1.29 is 9.53 Å². The van der Waals surface area contributed by atoms with Crippen molar-refractivity contribution in [3.05, 3.63) is 0 Å². The minimum absolute atomic E-state index is 0.207. The highest BCUT2D eigenvalue weighted by Gasteiger charge is 2.29. The Kier molecular flexibility index (Phi) is 3.06. The molecule has 0 radical (unpaired) electrons. The first kappa shape index (κ1) is 9.97. The molecular weight excluding hydrogens is 178 g/mol. The summed E-state index contributed by atoms with van der Waals surface area (Å²) in [4.78, 5) is 11.5. The van der Waals surface area contributed by atoms with Crippen LogP contribution < -0.4 is 5.32 Å². The molecule has 2 aliphatic heterocycles. The Balaban J connectivity index is 1.81. The van der Waals surface area contributed by atoms with Crippen molar-refractivity contribution in [2.45, 2.75) is 51.2 Å². The van der Waals surface area contributed by atoms with Crippen LogP contribution in [0.5, 0.6) is 0 Å². The molecule has 2 fully saturated rings. The zero-order chi connectivity index (χ0) is 9.97. The van der Waals surface area contributed by atoms with E-state index in [0.717, 1.165) is 38.6 Å². The van der Waals surface area contributed by atoms with Crippen LogP contribution in [0.1, 0.15) is 39.0 Å². The summed E-state index contributed by atoms with van der Waals surface area (Å²) >= 11 is 0. The Morgan fingerprint density at radius 2 is 2.29 bits per heavy atom. The van der Waals surface area contributed by atoms with E-state index in [1.54, 1.807) is 0 Å². The van der Waals surface area contributed by atoms with Crippen molar-refractivity contribution in [1.82, 2.24) is 5.32 Å². The molecule has 0 aromatic carbocycles. The lowest BCUT2D eigenvalue weighted by molar-refractivity contribution is -0.128. The quantitative estimate of drug-likeness (QED) is 0.728. The number of hydrogen-bond acceptors (Lipinski definition) is 2. The van der Waals surface area contributed by atoms with Crippen LogP contribution >= 0.6 is 0 Å². The fraction of sp³-hybridized carbons (Fsp3) is 0.909. The second kappa shape index (κ2) is 4.30. The number of ether oxygens (including phenoxy) is 1. The van der Waals surface area contributed by atoms with Gasteiger partial charge in [0.2, 0.25) is 5.91 Å². The summed E-state index contributed by atoms with van der Waals surface area (Å²) in [5.41, 5.74) is 0. The predicted molar refractivity (Wildman–Crippen MR) is 53.9 cm³/mol. The molecule has 3 heteroatoms. The van der Waals surface area contributed by atoms with Crippen molar-refractivity contribution in [3.8, 4) is 0 Å². The molecule has 0 saturated carbocycles. The lowest BCUT2D eigenvalue weighted by Gasteiger charge is -2.24. The molecular formula is C11H19NO2. The smallest absolute Gasteiger partial charge is 0.223 e. The third-order valence-corrected chi connectivity index (χ3v) is 3.27. The Morgan fingerprint density at radius 3 is 2.93 bits per heavy atom. The second-order valence-corrected chi connectivity index (χ2v) is 4.51. The highest BCUT2D eigenvalue weighted by Crippen LogP contribution is 2.27. The van der Waals surface area contributed by atoms with Crippen molar-refractivity contribution in [2.75, 3.05) is 6.54 Å². The lowest BCUT2D eigenvalue weighted by atomic mass is 9.92. The van der Waals surface area contributed by atoms with E-state index in [4.69, 9.17) is 4.74 Å². The summed E-state index contributed by atoms with van der Waals surface area (Å²) in [6, 6.07) is 0. The largest absolute Gasteiger partial charge is 0.375 e. The third-order valence-electron chi connectivity index (χ3n) is 3.27. The molecule has 3 nitrogen and oxygen atoms in total. The van der Waals surface area contributed by atoms with Crippen LogP contribution in [0.25, 0.3) is 0 Å². The van der Waals surface area contributed by atoms with E-state index >= 15 is 0 Å². The molecule has 0 spiro atoms. The average Bonchev–Trinajstić information content (AvgIpc) is 2.56. The zero-order valence-electron chi connectivity index (χ0n) is 8.79. The van der Waals surface area contributed by atoms with E-state index in [1.165, 1.54) is 0 Å².